The van der Waals surface area contributed by atoms with Crippen molar-refractivity contribution in [2.24, 2.45) is 0 Å². The van der Waals surface area contributed by atoms with E-state index >= 15 is 0 Å². The Morgan fingerprint density at radius 2 is 1.59 bits per heavy atom. The Balaban J connectivity index is 1.95. The van der Waals surface area contributed by atoms with Crippen LogP contribution in [0, 0.1) is 0 Å². The van der Waals surface area contributed by atoms with Gasteiger partial charge in [0.2, 0.25) is 5.60 Å². The minimum Gasteiger partial charge on any atom is -0.463 e. The van der Waals surface area contributed by atoms with E-state index in [4.69, 9.17) is 9.47 Å². The van der Waals surface area contributed by atoms with Crippen LogP contribution < -0.4 is 0 Å². The fourth-order valence-corrected chi connectivity index (χ4v) is 3.43. The Bertz CT molecular complexity index is 1040. The maximum Gasteiger partial charge on any atom is 0.417 e. The van der Waals surface area contributed by atoms with Crippen LogP contribution in [0.5, 0.6) is 0 Å². The summed E-state index contributed by atoms with van der Waals surface area (Å²) in [7, 11) is 0. The van der Waals surface area contributed by atoms with Crippen LogP contribution in [0.3, 0.4) is 0 Å². The Morgan fingerprint density at radius 1 is 1.00 bits per heavy atom. The van der Waals surface area contributed by atoms with Gasteiger partial charge in [0.05, 0.1) is 18.7 Å². The second kappa shape index (κ2) is 8.96. The predicted molar refractivity (Wildman–Crippen MR) is 118 cm³/mol. The normalized spacial score (nSPS) is 15.7. The number of carbonyl (C=O) groups is 3. The standard InChI is InChI=1S/C25H27NO6/c1-5-31-22(28)25(30,19-13-11-18(12-14-19)17-9-7-6-8-10-17)20-15-16-26(21(20)27)23(29)32-24(2,3)4/h6-15,30H,5,16H2,1-4H3/t25-/m1/s1. The lowest BCUT2D eigenvalue weighted by Gasteiger charge is -2.28. The number of nitrogens with zero attached hydrogens (tertiary/aromatic N) is 1. The number of carbonyl (C=O) groups excluding carboxylic acids is 3. The van der Waals surface area contributed by atoms with Gasteiger partial charge in [0.1, 0.15) is 5.60 Å². The molecule has 0 saturated heterocycles. The molecule has 7 nitrogen and oxygen atoms in total. The summed E-state index contributed by atoms with van der Waals surface area (Å²) < 4.78 is 10.4. The molecule has 0 aromatic heterocycles. The van der Waals surface area contributed by atoms with Gasteiger partial charge in [-0.3, -0.25) is 4.79 Å². The summed E-state index contributed by atoms with van der Waals surface area (Å²) in [6.45, 7) is 6.55. The van der Waals surface area contributed by atoms with E-state index in [0.717, 1.165) is 16.0 Å². The first-order chi connectivity index (χ1) is 15.1. The van der Waals surface area contributed by atoms with Gasteiger partial charge in [-0.1, -0.05) is 60.7 Å². The van der Waals surface area contributed by atoms with E-state index in [9.17, 15) is 19.5 Å². The molecule has 32 heavy (non-hydrogen) atoms. The highest BCUT2D eigenvalue weighted by Gasteiger charge is 2.50. The lowest BCUT2D eigenvalue weighted by atomic mass is 9.85. The molecule has 7 heteroatoms. The van der Waals surface area contributed by atoms with Gasteiger partial charge in [0.25, 0.3) is 5.91 Å². The van der Waals surface area contributed by atoms with Crippen molar-refractivity contribution in [3.63, 3.8) is 0 Å². The van der Waals surface area contributed by atoms with Gasteiger partial charge >= 0.3 is 12.1 Å². The highest BCUT2D eigenvalue weighted by atomic mass is 16.6. The molecule has 0 saturated carbocycles. The maximum atomic E-state index is 13.0. The number of amides is 2. The molecule has 0 unspecified atom stereocenters. The number of hydrogen-bond acceptors (Lipinski definition) is 6. The number of hydrogen-bond donors (Lipinski definition) is 1. The van der Waals surface area contributed by atoms with Crippen molar-refractivity contribution in [3.05, 3.63) is 71.8 Å². The molecule has 1 aliphatic heterocycles. The van der Waals surface area contributed by atoms with Crippen LogP contribution in [0.2, 0.25) is 0 Å². The van der Waals surface area contributed by atoms with Crippen molar-refractivity contribution in [2.75, 3.05) is 13.2 Å². The molecule has 1 heterocycles. The van der Waals surface area contributed by atoms with Crippen molar-refractivity contribution in [3.8, 4) is 11.1 Å². The van der Waals surface area contributed by atoms with Crippen LogP contribution in [0.15, 0.2) is 66.2 Å². The van der Waals surface area contributed by atoms with Crippen LogP contribution >= 0.6 is 0 Å². The van der Waals surface area contributed by atoms with E-state index in [1.54, 1.807) is 52.0 Å². The number of aliphatic hydroxyl groups is 1. The molecule has 0 bridgehead atoms. The van der Waals surface area contributed by atoms with E-state index in [1.165, 1.54) is 6.08 Å². The summed E-state index contributed by atoms with van der Waals surface area (Å²) in [4.78, 5) is 39.2. The van der Waals surface area contributed by atoms with Crippen molar-refractivity contribution in [2.45, 2.75) is 38.9 Å². The number of benzene rings is 2. The molecule has 0 aliphatic carbocycles. The molecular formula is C25H27NO6. The minimum absolute atomic E-state index is 0.0144. The second-order valence-corrected chi connectivity index (χ2v) is 8.39. The zero-order valence-corrected chi connectivity index (χ0v) is 18.6. The van der Waals surface area contributed by atoms with Gasteiger partial charge in [-0.2, -0.15) is 0 Å². The lowest BCUT2D eigenvalue weighted by Crippen LogP contribution is -2.45. The third kappa shape index (κ3) is 4.57. The Morgan fingerprint density at radius 3 is 2.16 bits per heavy atom. The second-order valence-electron chi connectivity index (χ2n) is 8.39. The van der Waals surface area contributed by atoms with Crippen molar-refractivity contribution in [1.82, 2.24) is 4.90 Å². The molecule has 0 fully saturated rings. The minimum atomic E-state index is -2.36. The van der Waals surface area contributed by atoms with E-state index < -0.39 is 29.2 Å². The summed E-state index contributed by atoms with van der Waals surface area (Å²) in [6, 6.07) is 16.2. The molecule has 3 rings (SSSR count). The van der Waals surface area contributed by atoms with Crippen molar-refractivity contribution < 1.29 is 29.0 Å². The van der Waals surface area contributed by atoms with Crippen LogP contribution in [-0.2, 0) is 24.7 Å². The molecule has 0 spiro atoms. The van der Waals surface area contributed by atoms with Crippen LogP contribution in [0.1, 0.15) is 33.3 Å². The summed E-state index contributed by atoms with van der Waals surface area (Å²) in [5, 5.41) is 11.5. The van der Waals surface area contributed by atoms with Gasteiger partial charge < -0.3 is 14.6 Å². The Kier molecular flexibility index (Phi) is 6.50. The van der Waals surface area contributed by atoms with Crippen molar-refractivity contribution in [1.29, 1.82) is 0 Å². The number of rotatable bonds is 5. The topological polar surface area (TPSA) is 93.1 Å². The molecule has 1 atom stereocenters. The van der Waals surface area contributed by atoms with Gasteiger partial charge in [-0.05, 0) is 44.4 Å². The van der Waals surface area contributed by atoms with Crippen LogP contribution in [0.25, 0.3) is 11.1 Å². The van der Waals surface area contributed by atoms with Gasteiger partial charge in [-0.25, -0.2) is 14.5 Å². The average Bonchev–Trinajstić information content (AvgIpc) is 3.15. The van der Waals surface area contributed by atoms with Crippen LogP contribution in [0.4, 0.5) is 4.79 Å². The molecule has 168 valence electrons. The molecule has 2 amide bonds. The quantitative estimate of drug-likeness (QED) is 0.715. The average molecular weight is 437 g/mol. The first-order valence-corrected chi connectivity index (χ1v) is 10.4. The maximum absolute atomic E-state index is 13.0. The van der Waals surface area contributed by atoms with E-state index in [-0.39, 0.29) is 24.3 Å². The molecular weight excluding hydrogens is 410 g/mol. The Labute approximate surface area is 187 Å². The monoisotopic (exact) mass is 437 g/mol. The summed E-state index contributed by atoms with van der Waals surface area (Å²) in [5.41, 5.74) is -1.40. The zero-order valence-electron chi connectivity index (χ0n) is 18.6. The molecule has 1 aliphatic rings. The van der Waals surface area contributed by atoms with E-state index in [0.29, 0.717) is 0 Å². The predicted octanol–water partition coefficient (Wildman–Crippen LogP) is 3.81. The lowest BCUT2D eigenvalue weighted by molar-refractivity contribution is -0.163. The molecule has 1 N–H and O–H groups in total. The number of imide groups is 1. The number of esters is 1. The van der Waals surface area contributed by atoms with E-state index in [1.807, 2.05) is 30.3 Å². The summed E-state index contributed by atoms with van der Waals surface area (Å²) in [6.07, 6.45) is 0.508. The Hall–Kier alpha value is -3.45. The van der Waals surface area contributed by atoms with Gasteiger partial charge in [-0.15, -0.1) is 0 Å². The fourth-order valence-electron chi connectivity index (χ4n) is 3.43. The molecule has 2 aromatic rings. The SMILES string of the molecule is CCOC(=O)[C@](O)(C1=CCN(C(=O)OC(C)(C)C)C1=O)c1ccc(-c2ccccc2)cc1. The molecule has 2 aromatic carbocycles. The number of ether oxygens (including phenoxy) is 2. The fraction of sp³-hybridized carbons (Fsp3) is 0.320. The van der Waals surface area contributed by atoms with Crippen molar-refractivity contribution >= 4 is 18.0 Å². The first kappa shape index (κ1) is 23.2. The first-order valence-electron chi connectivity index (χ1n) is 10.4. The third-order valence-corrected chi connectivity index (χ3v) is 4.94. The van der Waals surface area contributed by atoms with Gasteiger partial charge in [0.15, 0.2) is 0 Å². The highest BCUT2D eigenvalue weighted by Crippen LogP contribution is 2.36. The largest absolute Gasteiger partial charge is 0.463 e. The smallest absolute Gasteiger partial charge is 0.417 e. The summed E-state index contributed by atoms with van der Waals surface area (Å²) >= 11 is 0. The van der Waals surface area contributed by atoms with Gasteiger partial charge in [0, 0.05) is 0 Å². The molecule has 0 radical (unpaired) electrons. The third-order valence-electron chi connectivity index (χ3n) is 4.94. The zero-order chi connectivity index (χ0) is 23.5. The summed E-state index contributed by atoms with van der Waals surface area (Å²) in [5.74, 6) is -1.79. The van der Waals surface area contributed by atoms with Crippen LogP contribution in [-0.4, -0.2) is 46.7 Å². The highest BCUT2D eigenvalue weighted by molar-refractivity contribution is 6.10. The van der Waals surface area contributed by atoms with E-state index in [2.05, 4.69) is 0 Å².